The van der Waals surface area contributed by atoms with Crippen LogP contribution in [0.5, 0.6) is 5.75 Å². The van der Waals surface area contributed by atoms with Gasteiger partial charge in [-0.05, 0) is 48.4 Å². The van der Waals surface area contributed by atoms with Crippen molar-refractivity contribution < 1.29 is 23.2 Å². The number of nitrogens with one attached hydrogen (secondary N) is 1. The highest BCUT2D eigenvalue weighted by atomic mass is 32.2. The largest absolute Gasteiger partial charge is 0.444 e. The molecule has 138 valence electrons. The molecule has 0 aromatic heterocycles. The van der Waals surface area contributed by atoms with Gasteiger partial charge in [0.15, 0.2) is 0 Å². The molecule has 10 heteroatoms. The minimum Gasteiger partial charge on any atom is -0.444 e. The van der Waals surface area contributed by atoms with Gasteiger partial charge in [-0.15, -0.1) is 0 Å². The number of rotatable bonds is 8. The Labute approximate surface area is 153 Å². The first-order chi connectivity index (χ1) is 12.5. The van der Waals surface area contributed by atoms with Crippen LogP contribution in [-0.2, 0) is 17.8 Å². The third-order valence-electron chi connectivity index (χ3n) is 3.41. The van der Waals surface area contributed by atoms with Crippen molar-refractivity contribution >= 4 is 29.8 Å². The van der Waals surface area contributed by atoms with Gasteiger partial charge in [0.05, 0.1) is 4.92 Å². The van der Waals surface area contributed by atoms with Crippen LogP contribution in [0.2, 0.25) is 0 Å². The Morgan fingerprint density at radius 2 is 1.96 bits per heavy atom. The minimum atomic E-state index is -0.691. The topological polar surface area (TPSA) is 137 Å². The van der Waals surface area contributed by atoms with E-state index >= 15 is 0 Å². The zero-order chi connectivity index (χ0) is 18.9. The Bertz CT molecular complexity index is 769. The summed E-state index contributed by atoms with van der Waals surface area (Å²) in [6.07, 6.45) is -0.139. The van der Waals surface area contributed by atoms with Gasteiger partial charge >= 0.3 is 6.09 Å². The molecule has 0 bridgehead atoms. The van der Waals surface area contributed by atoms with Gasteiger partial charge < -0.3 is 14.7 Å². The molecule has 2 rings (SSSR count). The van der Waals surface area contributed by atoms with Gasteiger partial charge in [0.2, 0.25) is 12.3 Å². The Hall–Kier alpha value is -2.82. The van der Waals surface area contributed by atoms with Gasteiger partial charge in [-0.1, -0.05) is 6.07 Å². The number of carbonyl (C=O) groups is 1. The molecule has 0 saturated carbocycles. The average molecular weight is 379 g/mol. The smallest absolute Gasteiger partial charge is 0.411 e. The van der Waals surface area contributed by atoms with Crippen LogP contribution >= 0.6 is 12.3 Å². The van der Waals surface area contributed by atoms with Crippen LogP contribution in [-0.4, -0.2) is 22.1 Å². The molecule has 0 heterocycles. The molecular weight excluding hydrogens is 362 g/mol. The first-order valence-electron chi connectivity index (χ1n) is 7.51. The van der Waals surface area contributed by atoms with Gasteiger partial charge in [0.25, 0.3) is 5.69 Å². The predicted octanol–water partition coefficient (Wildman–Crippen LogP) is 3.34. The van der Waals surface area contributed by atoms with Crippen LogP contribution in [0, 0.1) is 10.1 Å². The molecule has 0 saturated heterocycles. The maximum Gasteiger partial charge on any atom is 0.411 e. The van der Waals surface area contributed by atoms with E-state index < -0.39 is 11.0 Å². The minimum absolute atomic E-state index is 0.0146. The summed E-state index contributed by atoms with van der Waals surface area (Å²) in [6.45, 7) is 0.415. The van der Waals surface area contributed by atoms with Crippen molar-refractivity contribution in [1.29, 1.82) is 0 Å². The molecule has 0 aliphatic heterocycles. The quantitative estimate of drug-likeness (QED) is 0.361. The fourth-order valence-electron chi connectivity index (χ4n) is 2.19. The van der Waals surface area contributed by atoms with Crippen LogP contribution in [0.25, 0.3) is 0 Å². The number of non-ortho nitro benzene ring substituents is 1. The van der Waals surface area contributed by atoms with Gasteiger partial charge in [-0.3, -0.25) is 20.0 Å². The summed E-state index contributed by atoms with van der Waals surface area (Å²) in [5.74, 6) is 0.458. The summed E-state index contributed by atoms with van der Waals surface area (Å²) >= 11 is 0.241. The lowest BCUT2D eigenvalue weighted by Crippen LogP contribution is -2.14. The first-order valence-corrected chi connectivity index (χ1v) is 8.21. The first kappa shape index (κ1) is 19.5. The molecule has 0 fully saturated rings. The second kappa shape index (κ2) is 9.61. The molecule has 0 atom stereocenters. The fraction of sp³-hybridized carbons (Fsp3) is 0.188. The highest BCUT2D eigenvalue weighted by Gasteiger charge is 2.10. The van der Waals surface area contributed by atoms with Gasteiger partial charge in [-0.2, -0.15) is 0 Å². The number of hydrogen-bond donors (Lipinski definition) is 3. The molecule has 0 radical (unpaired) electrons. The highest BCUT2D eigenvalue weighted by Crippen LogP contribution is 2.22. The van der Waals surface area contributed by atoms with E-state index in [2.05, 4.69) is 5.32 Å². The maximum absolute atomic E-state index is 11.9. The van der Waals surface area contributed by atoms with Crippen molar-refractivity contribution in [3.63, 3.8) is 0 Å². The van der Waals surface area contributed by atoms with Crippen molar-refractivity contribution in [3.05, 3.63) is 63.7 Å². The molecule has 2 aromatic carbocycles. The molecule has 0 spiro atoms. The van der Waals surface area contributed by atoms with E-state index in [1.807, 2.05) is 0 Å². The van der Waals surface area contributed by atoms with Crippen LogP contribution in [0.15, 0.2) is 42.5 Å². The fourth-order valence-corrected chi connectivity index (χ4v) is 2.38. The van der Waals surface area contributed by atoms with Gasteiger partial charge in [0.1, 0.15) is 12.4 Å². The van der Waals surface area contributed by atoms with Crippen LogP contribution in [0.4, 0.5) is 16.2 Å². The Kier molecular flexibility index (Phi) is 7.21. The molecule has 0 unspecified atom stereocenters. The summed E-state index contributed by atoms with van der Waals surface area (Å²) < 4.78 is 18.8. The Morgan fingerprint density at radius 1 is 1.23 bits per heavy atom. The van der Waals surface area contributed by atoms with E-state index in [0.29, 0.717) is 24.4 Å². The summed E-state index contributed by atoms with van der Waals surface area (Å²) in [7, 11) is 0. The number of hydrogen-bond acceptors (Lipinski definition) is 8. The highest BCUT2D eigenvalue weighted by molar-refractivity contribution is 7.89. The lowest BCUT2D eigenvalue weighted by Gasteiger charge is -2.12. The Balaban J connectivity index is 1.96. The van der Waals surface area contributed by atoms with Crippen LogP contribution < -0.4 is 15.2 Å². The van der Waals surface area contributed by atoms with Crippen molar-refractivity contribution in [2.45, 2.75) is 13.0 Å². The average Bonchev–Trinajstić information content (AvgIpc) is 2.62. The predicted molar refractivity (Wildman–Crippen MR) is 97.0 cm³/mol. The number of carbonyl (C=O) groups excluding carboxylic acids is 1. The normalized spacial score (nSPS) is 10.2. The van der Waals surface area contributed by atoms with E-state index in [9.17, 15) is 14.9 Å². The van der Waals surface area contributed by atoms with E-state index in [1.165, 1.54) is 24.3 Å². The van der Waals surface area contributed by atoms with Crippen LogP contribution in [0.3, 0.4) is 0 Å². The number of nitro benzene ring substituents is 1. The number of nitro groups is 1. The number of anilines is 1. The SMILES string of the molecule is NCCc1cc(OSO)ccc1COC(=O)Nc1ccc([N+](=O)[O-])cc1. The van der Waals surface area contributed by atoms with Crippen molar-refractivity contribution in [3.8, 4) is 5.75 Å². The lowest BCUT2D eigenvalue weighted by atomic mass is 10.0. The molecule has 1 amide bonds. The zero-order valence-electron chi connectivity index (χ0n) is 13.6. The third-order valence-corrected chi connectivity index (χ3v) is 3.68. The van der Waals surface area contributed by atoms with Crippen LogP contribution in [0.1, 0.15) is 11.1 Å². The molecule has 0 aliphatic carbocycles. The summed E-state index contributed by atoms with van der Waals surface area (Å²) in [4.78, 5) is 22.0. The van der Waals surface area contributed by atoms with E-state index in [-0.39, 0.29) is 24.6 Å². The van der Waals surface area contributed by atoms with Crippen molar-refractivity contribution in [2.75, 3.05) is 11.9 Å². The van der Waals surface area contributed by atoms with Crippen molar-refractivity contribution in [2.24, 2.45) is 5.73 Å². The van der Waals surface area contributed by atoms with E-state index in [4.69, 9.17) is 19.2 Å². The standard InChI is InChI=1S/C16H17N3O6S/c17-8-7-11-9-15(25-26-23)6-1-12(11)10-24-16(20)18-13-2-4-14(5-3-13)19(21)22/h1-6,9,23H,7-8,10,17H2,(H,18,20). The second-order valence-corrected chi connectivity index (χ2v) is 5.45. The van der Waals surface area contributed by atoms with Gasteiger partial charge in [0, 0.05) is 17.8 Å². The summed E-state index contributed by atoms with van der Waals surface area (Å²) in [5.41, 5.74) is 7.48. The number of nitrogens with zero attached hydrogens (tertiary/aromatic N) is 1. The van der Waals surface area contributed by atoms with E-state index in [0.717, 1.165) is 11.1 Å². The number of amides is 1. The number of benzene rings is 2. The third kappa shape index (κ3) is 5.62. The molecule has 26 heavy (non-hydrogen) atoms. The molecular formula is C16H17N3O6S. The van der Waals surface area contributed by atoms with Gasteiger partial charge in [-0.25, -0.2) is 4.79 Å². The molecule has 4 N–H and O–H groups in total. The van der Waals surface area contributed by atoms with Crippen molar-refractivity contribution in [1.82, 2.24) is 0 Å². The molecule has 0 aliphatic rings. The number of ether oxygens (including phenoxy) is 1. The maximum atomic E-state index is 11.9. The zero-order valence-corrected chi connectivity index (χ0v) is 14.4. The lowest BCUT2D eigenvalue weighted by molar-refractivity contribution is -0.384. The molecule has 2 aromatic rings. The monoisotopic (exact) mass is 379 g/mol. The Morgan fingerprint density at radius 3 is 2.58 bits per heavy atom. The summed E-state index contributed by atoms with van der Waals surface area (Å²) in [5, 5.41) is 13.1. The van der Waals surface area contributed by atoms with E-state index in [1.54, 1.807) is 18.2 Å². The second-order valence-electron chi connectivity index (χ2n) is 5.13. The number of nitrogens with two attached hydrogens (primary N) is 1. The summed E-state index contributed by atoms with van der Waals surface area (Å²) in [6, 6.07) is 10.5. The molecule has 9 nitrogen and oxygen atoms in total.